The lowest BCUT2D eigenvalue weighted by Crippen LogP contribution is -2.38. The van der Waals surface area contributed by atoms with Gasteiger partial charge in [0.2, 0.25) is 0 Å². The smallest absolute Gasteiger partial charge is 0.191 e. The Morgan fingerprint density at radius 2 is 1.83 bits per heavy atom. The van der Waals surface area contributed by atoms with Gasteiger partial charge in [0.15, 0.2) is 5.96 Å². The van der Waals surface area contributed by atoms with Crippen molar-refractivity contribution < 1.29 is 0 Å². The molecule has 0 bridgehead atoms. The van der Waals surface area contributed by atoms with Gasteiger partial charge in [-0.25, -0.2) is 9.98 Å². The monoisotopic (exact) mass is 522 g/mol. The summed E-state index contributed by atoms with van der Waals surface area (Å²) in [5.41, 5.74) is 2.32. The van der Waals surface area contributed by atoms with E-state index in [1.807, 2.05) is 24.3 Å². The first-order valence-corrected chi connectivity index (χ1v) is 8.71. The Kier molecular flexibility index (Phi) is 10.3. The molecule has 0 unspecified atom stereocenters. The van der Waals surface area contributed by atoms with E-state index in [0.29, 0.717) is 11.7 Å². The van der Waals surface area contributed by atoms with Gasteiger partial charge in [-0.2, -0.15) is 0 Å². The maximum Gasteiger partial charge on any atom is 0.191 e. The quantitative estimate of drug-likeness (QED) is 0.255. The molecule has 1 aromatic heterocycles. The number of nitrogens with one attached hydrogen (secondary N) is 2. The third-order valence-corrected chi connectivity index (χ3v) is 3.92. The molecule has 130 valence electrons. The van der Waals surface area contributed by atoms with Gasteiger partial charge in [-0.1, -0.05) is 45.7 Å². The van der Waals surface area contributed by atoms with Crippen LogP contribution in [0, 0.1) is 0 Å². The van der Waals surface area contributed by atoms with Crippen molar-refractivity contribution in [2.45, 2.75) is 19.9 Å². The SMILES string of the molecule is CCNC(=NCc1ccc(Br)cc1)NCCc1ccc(Cl)nc1.I. The van der Waals surface area contributed by atoms with Crippen LogP contribution in [0.3, 0.4) is 0 Å². The predicted octanol–water partition coefficient (Wildman–Crippen LogP) is 4.41. The second-order valence-electron chi connectivity index (χ2n) is 4.99. The van der Waals surface area contributed by atoms with Crippen molar-refractivity contribution in [1.82, 2.24) is 15.6 Å². The zero-order valence-corrected chi connectivity index (χ0v) is 18.1. The number of hydrogen-bond donors (Lipinski definition) is 2. The van der Waals surface area contributed by atoms with Crippen molar-refractivity contribution in [1.29, 1.82) is 0 Å². The fourth-order valence-corrected chi connectivity index (χ4v) is 2.36. The lowest BCUT2D eigenvalue weighted by molar-refractivity contribution is 0.798. The summed E-state index contributed by atoms with van der Waals surface area (Å²) in [4.78, 5) is 8.69. The van der Waals surface area contributed by atoms with Crippen molar-refractivity contribution in [2.75, 3.05) is 13.1 Å². The molecule has 0 spiro atoms. The van der Waals surface area contributed by atoms with Gasteiger partial charge in [0, 0.05) is 23.8 Å². The van der Waals surface area contributed by atoms with Gasteiger partial charge in [-0.3, -0.25) is 0 Å². The van der Waals surface area contributed by atoms with E-state index in [4.69, 9.17) is 11.6 Å². The van der Waals surface area contributed by atoms with Crippen LogP contribution >= 0.6 is 51.5 Å². The number of aromatic nitrogens is 1. The number of benzene rings is 1. The highest BCUT2D eigenvalue weighted by Crippen LogP contribution is 2.11. The third kappa shape index (κ3) is 7.81. The summed E-state index contributed by atoms with van der Waals surface area (Å²) in [6, 6.07) is 12.0. The fraction of sp³-hybridized carbons (Fsp3) is 0.294. The molecule has 2 rings (SSSR count). The fourth-order valence-electron chi connectivity index (χ4n) is 1.98. The van der Waals surface area contributed by atoms with E-state index in [1.54, 1.807) is 6.20 Å². The van der Waals surface area contributed by atoms with E-state index >= 15 is 0 Å². The number of aliphatic imine (C=N–C) groups is 1. The Hall–Kier alpha value is -0.860. The summed E-state index contributed by atoms with van der Waals surface area (Å²) < 4.78 is 1.08. The summed E-state index contributed by atoms with van der Waals surface area (Å²) >= 11 is 9.23. The number of rotatable bonds is 6. The molecule has 0 aliphatic rings. The van der Waals surface area contributed by atoms with Crippen LogP contribution in [0.5, 0.6) is 0 Å². The Bertz CT molecular complexity index is 632. The number of guanidine groups is 1. The summed E-state index contributed by atoms with van der Waals surface area (Å²) in [6.45, 7) is 4.31. The molecule has 0 saturated heterocycles. The number of halogens is 3. The summed E-state index contributed by atoms with van der Waals surface area (Å²) in [5, 5.41) is 7.11. The molecule has 0 aliphatic carbocycles. The van der Waals surface area contributed by atoms with Crippen molar-refractivity contribution >= 4 is 57.5 Å². The van der Waals surface area contributed by atoms with Crippen molar-refractivity contribution in [3.63, 3.8) is 0 Å². The third-order valence-electron chi connectivity index (χ3n) is 3.17. The number of pyridine rings is 1. The number of nitrogens with zero attached hydrogens (tertiary/aromatic N) is 2. The van der Waals surface area contributed by atoms with Crippen LogP contribution in [0.2, 0.25) is 5.15 Å². The van der Waals surface area contributed by atoms with Crippen molar-refractivity contribution in [2.24, 2.45) is 4.99 Å². The average Bonchev–Trinajstić information content (AvgIpc) is 2.56. The summed E-state index contributed by atoms with van der Waals surface area (Å²) in [5.74, 6) is 0.817. The zero-order chi connectivity index (χ0) is 16.5. The summed E-state index contributed by atoms with van der Waals surface area (Å²) in [7, 11) is 0. The topological polar surface area (TPSA) is 49.3 Å². The molecule has 0 saturated carbocycles. The van der Waals surface area contributed by atoms with E-state index in [-0.39, 0.29) is 24.0 Å². The number of hydrogen-bond acceptors (Lipinski definition) is 2. The maximum atomic E-state index is 5.79. The minimum atomic E-state index is 0. The van der Waals surface area contributed by atoms with Gasteiger partial charge < -0.3 is 10.6 Å². The largest absolute Gasteiger partial charge is 0.357 e. The van der Waals surface area contributed by atoms with Crippen LogP contribution in [0.25, 0.3) is 0 Å². The van der Waals surface area contributed by atoms with Crippen LogP contribution in [0.1, 0.15) is 18.1 Å². The van der Waals surface area contributed by atoms with Gasteiger partial charge in [-0.15, -0.1) is 24.0 Å². The van der Waals surface area contributed by atoms with E-state index < -0.39 is 0 Å². The van der Waals surface area contributed by atoms with Gasteiger partial charge in [0.1, 0.15) is 5.15 Å². The van der Waals surface area contributed by atoms with E-state index in [0.717, 1.165) is 35.5 Å². The Morgan fingerprint density at radius 3 is 2.46 bits per heavy atom. The first-order chi connectivity index (χ1) is 11.2. The normalized spacial score (nSPS) is 10.9. The molecule has 0 atom stereocenters. The minimum absolute atomic E-state index is 0. The first-order valence-electron chi connectivity index (χ1n) is 7.54. The molecule has 2 aromatic rings. The molecule has 0 aliphatic heterocycles. The highest BCUT2D eigenvalue weighted by atomic mass is 127. The zero-order valence-electron chi connectivity index (χ0n) is 13.4. The predicted molar refractivity (Wildman–Crippen MR) is 115 cm³/mol. The summed E-state index contributed by atoms with van der Waals surface area (Å²) in [6.07, 6.45) is 2.67. The lowest BCUT2D eigenvalue weighted by Gasteiger charge is -2.11. The molecule has 4 nitrogen and oxygen atoms in total. The Labute approximate surface area is 173 Å². The highest BCUT2D eigenvalue weighted by molar-refractivity contribution is 14.0. The van der Waals surface area contributed by atoms with Crippen molar-refractivity contribution in [3.05, 3.63) is 63.3 Å². The second-order valence-corrected chi connectivity index (χ2v) is 6.29. The molecule has 2 N–H and O–H groups in total. The van der Waals surface area contributed by atoms with Gasteiger partial charge in [0.05, 0.1) is 6.54 Å². The van der Waals surface area contributed by atoms with Crippen LogP contribution in [-0.4, -0.2) is 24.0 Å². The van der Waals surface area contributed by atoms with Gasteiger partial charge in [0.25, 0.3) is 0 Å². The Balaban J connectivity index is 0.00000288. The van der Waals surface area contributed by atoms with E-state index in [2.05, 4.69) is 55.6 Å². The van der Waals surface area contributed by atoms with Crippen LogP contribution < -0.4 is 10.6 Å². The average molecular weight is 524 g/mol. The molecule has 1 heterocycles. The van der Waals surface area contributed by atoms with E-state index in [9.17, 15) is 0 Å². The standard InChI is InChI=1S/C17H20BrClN4.HI/c1-2-20-17(23-12-13-3-6-15(18)7-4-13)21-10-9-14-5-8-16(19)22-11-14;/h3-8,11H,2,9-10,12H2,1H3,(H2,20,21,23);1H. The van der Waals surface area contributed by atoms with Crippen LogP contribution in [0.4, 0.5) is 0 Å². The molecule has 7 heteroatoms. The van der Waals surface area contributed by atoms with Gasteiger partial charge in [-0.05, 0) is 42.7 Å². The molecule has 0 amide bonds. The highest BCUT2D eigenvalue weighted by Gasteiger charge is 1.99. The molecule has 0 radical (unpaired) electrons. The minimum Gasteiger partial charge on any atom is -0.357 e. The first kappa shape index (κ1) is 21.2. The molecule has 24 heavy (non-hydrogen) atoms. The second kappa shape index (κ2) is 11.7. The van der Waals surface area contributed by atoms with Crippen molar-refractivity contribution in [3.8, 4) is 0 Å². The molecular formula is C17H21BrClIN4. The van der Waals surface area contributed by atoms with Crippen LogP contribution in [-0.2, 0) is 13.0 Å². The van der Waals surface area contributed by atoms with E-state index in [1.165, 1.54) is 5.56 Å². The molecule has 0 fully saturated rings. The molecule has 1 aromatic carbocycles. The lowest BCUT2D eigenvalue weighted by atomic mass is 10.2. The maximum absolute atomic E-state index is 5.79. The van der Waals surface area contributed by atoms with Crippen LogP contribution in [0.15, 0.2) is 52.1 Å². The molecular weight excluding hydrogens is 502 g/mol. The van der Waals surface area contributed by atoms with Gasteiger partial charge >= 0.3 is 0 Å². The Morgan fingerprint density at radius 1 is 1.12 bits per heavy atom.